The molecular weight excluding hydrogens is 409 g/mol. The topological polar surface area (TPSA) is 80.2 Å². The Kier molecular flexibility index (Phi) is 4.92. The van der Waals surface area contributed by atoms with Crippen LogP contribution < -0.4 is 9.47 Å². The summed E-state index contributed by atoms with van der Waals surface area (Å²) in [5, 5.41) is 0.794. The van der Waals surface area contributed by atoms with E-state index in [0.717, 1.165) is 22.0 Å². The summed E-state index contributed by atoms with van der Waals surface area (Å²) < 4.78 is 26.2. The van der Waals surface area contributed by atoms with Crippen molar-refractivity contribution >= 4 is 27.8 Å². The standard InChI is InChI=1S/C24H18FN5O2/c1-26-16-9-17-15(11-27-24(17)28-12-16)7-14-8-21(31-2)22(10-18(14)25)32-13-23-29-19-5-3-4-6-20(19)30-23/h3-6,8-12H,7,13H2,2H3,(H,27,28)(H,29,30). The number of fused-ring (bicyclic) bond motifs is 2. The summed E-state index contributed by atoms with van der Waals surface area (Å²) in [5.41, 5.74) is 4.14. The number of nitrogens with zero attached hydrogens (tertiary/aromatic N) is 3. The lowest BCUT2D eigenvalue weighted by molar-refractivity contribution is 0.275. The Morgan fingerprint density at radius 3 is 2.81 bits per heavy atom. The molecule has 2 N–H and O–H groups in total. The van der Waals surface area contributed by atoms with Crippen molar-refractivity contribution in [3.05, 3.63) is 89.0 Å². The van der Waals surface area contributed by atoms with Crippen LogP contribution in [0.15, 0.2) is 54.9 Å². The van der Waals surface area contributed by atoms with Gasteiger partial charge in [-0.3, -0.25) is 4.98 Å². The number of para-hydroxylation sites is 2. The molecule has 32 heavy (non-hydrogen) atoms. The highest BCUT2D eigenvalue weighted by molar-refractivity contribution is 5.83. The summed E-state index contributed by atoms with van der Waals surface area (Å²) in [6, 6.07) is 12.4. The van der Waals surface area contributed by atoms with Crippen molar-refractivity contribution in [2.24, 2.45) is 0 Å². The van der Waals surface area contributed by atoms with Gasteiger partial charge in [0, 0.05) is 30.3 Å². The van der Waals surface area contributed by atoms with Crippen LogP contribution in [0.1, 0.15) is 17.0 Å². The molecule has 7 nitrogen and oxygen atoms in total. The molecule has 3 heterocycles. The van der Waals surface area contributed by atoms with E-state index in [9.17, 15) is 4.39 Å². The van der Waals surface area contributed by atoms with E-state index in [1.807, 2.05) is 24.3 Å². The van der Waals surface area contributed by atoms with E-state index in [0.29, 0.717) is 40.6 Å². The van der Waals surface area contributed by atoms with Gasteiger partial charge in [0.25, 0.3) is 0 Å². The smallest absolute Gasteiger partial charge is 0.205 e. The van der Waals surface area contributed by atoms with Crippen molar-refractivity contribution in [2.45, 2.75) is 13.0 Å². The van der Waals surface area contributed by atoms with Crippen LogP contribution in [0.3, 0.4) is 0 Å². The third-order valence-corrected chi connectivity index (χ3v) is 5.25. The second kappa shape index (κ2) is 8.04. The zero-order valence-electron chi connectivity index (χ0n) is 17.1. The predicted octanol–water partition coefficient (Wildman–Crippen LogP) is 5.31. The van der Waals surface area contributed by atoms with Crippen LogP contribution in [0, 0.1) is 12.4 Å². The van der Waals surface area contributed by atoms with Gasteiger partial charge in [-0.15, -0.1) is 0 Å². The number of aromatic amines is 2. The number of ether oxygens (including phenoxy) is 2. The van der Waals surface area contributed by atoms with Gasteiger partial charge in [-0.25, -0.2) is 14.2 Å². The van der Waals surface area contributed by atoms with Crippen molar-refractivity contribution < 1.29 is 13.9 Å². The molecule has 0 aliphatic carbocycles. The van der Waals surface area contributed by atoms with Crippen LogP contribution >= 0.6 is 0 Å². The van der Waals surface area contributed by atoms with Gasteiger partial charge in [-0.2, -0.15) is 0 Å². The van der Waals surface area contributed by atoms with Gasteiger partial charge >= 0.3 is 0 Å². The van der Waals surface area contributed by atoms with Crippen molar-refractivity contribution in [3.63, 3.8) is 0 Å². The van der Waals surface area contributed by atoms with Crippen LogP contribution in [0.25, 0.3) is 26.9 Å². The maximum absolute atomic E-state index is 15.0. The van der Waals surface area contributed by atoms with Gasteiger partial charge in [-0.1, -0.05) is 12.1 Å². The maximum Gasteiger partial charge on any atom is 0.205 e. The Morgan fingerprint density at radius 1 is 1.12 bits per heavy atom. The number of methoxy groups -OCH3 is 1. The van der Waals surface area contributed by atoms with Crippen LogP contribution in [-0.4, -0.2) is 27.0 Å². The number of aromatic nitrogens is 4. The van der Waals surface area contributed by atoms with E-state index >= 15 is 0 Å². The molecule has 0 spiro atoms. The number of hydrogen-bond donors (Lipinski definition) is 2. The number of rotatable bonds is 6. The maximum atomic E-state index is 15.0. The highest BCUT2D eigenvalue weighted by Crippen LogP contribution is 2.33. The molecule has 158 valence electrons. The first-order chi connectivity index (χ1) is 15.6. The highest BCUT2D eigenvalue weighted by Gasteiger charge is 2.15. The molecule has 0 bridgehead atoms. The first-order valence-corrected chi connectivity index (χ1v) is 9.91. The van der Waals surface area contributed by atoms with Gasteiger partial charge in [0.1, 0.15) is 23.9 Å². The van der Waals surface area contributed by atoms with Gasteiger partial charge < -0.3 is 19.4 Å². The molecule has 0 saturated heterocycles. The largest absolute Gasteiger partial charge is 0.493 e. The minimum atomic E-state index is -0.408. The second-order valence-corrected chi connectivity index (χ2v) is 7.28. The number of imidazole rings is 1. The quantitative estimate of drug-likeness (QED) is 0.360. The molecule has 2 aromatic carbocycles. The summed E-state index contributed by atoms with van der Waals surface area (Å²) in [7, 11) is 1.52. The van der Waals surface area contributed by atoms with E-state index in [4.69, 9.17) is 16.0 Å². The average Bonchev–Trinajstić information content (AvgIpc) is 3.42. The number of nitrogens with one attached hydrogen (secondary N) is 2. The van der Waals surface area contributed by atoms with E-state index in [2.05, 4.69) is 24.8 Å². The predicted molar refractivity (Wildman–Crippen MR) is 119 cm³/mol. The van der Waals surface area contributed by atoms with Gasteiger partial charge in [0.15, 0.2) is 11.5 Å². The Hall–Kier alpha value is -4.38. The minimum absolute atomic E-state index is 0.150. The summed E-state index contributed by atoms with van der Waals surface area (Å²) in [6.45, 7) is 7.34. The summed E-state index contributed by atoms with van der Waals surface area (Å²) in [5.74, 6) is 0.955. The highest BCUT2D eigenvalue weighted by atomic mass is 19.1. The lowest BCUT2D eigenvalue weighted by Gasteiger charge is -2.12. The average molecular weight is 427 g/mol. The molecule has 0 aliphatic rings. The fourth-order valence-electron chi connectivity index (χ4n) is 3.66. The van der Waals surface area contributed by atoms with Crippen molar-refractivity contribution in [1.82, 2.24) is 19.9 Å². The van der Waals surface area contributed by atoms with Crippen molar-refractivity contribution in [3.8, 4) is 11.5 Å². The van der Waals surface area contributed by atoms with Crippen LogP contribution in [-0.2, 0) is 13.0 Å². The molecule has 0 fully saturated rings. The fourth-order valence-corrected chi connectivity index (χ4v) is 3.66. The zero-order chi connectivity index (χ0) is 22.1. The van der Waals surface area contributed by atoms with Crippen LogP contribution in [0.2, 0.25) is 0 Å². The molecule has 8 heteroatoms. The summed E-state index contributed by atoms with van der Waals surface area (Å²) >= 11 is 0. The fraction of sp³-hybridized carbons (Fsp3) is 0.125. The number of benzene rings is 2. The Morgan fingerprint density at radius 2 is 2.00 bits per heavy atom. The monoisotopic (exact) mass is 427 g/mol. The first kappa shape index (κ1) is 19.6. The Bertz CT molecular complexity index is 1450. The molecule has 3 aromatic heterocycles. The zero-order valence-corrected chi connectivity index (χ0v) is 17.1. The van der Waals surface area contributed by atoms with Crippen molar-refractivity contribution in [1.29, 1.82) is 0 Å². The molecule has 0 unspecified atom stereocenters. The molecule has 0 amide bonds. The van der Waals surface area contributed by atoms with E-state index in [1.54, 1.807) is 18.3 Å². The van der Waals surface area contributed by atoms with Gasteiger partial charge in [-0.05, 0) is 35.4 Å². The molecule has 0 atom stereocenters. The SMILES string of the molecule is [C-]#[N+]c1cnc2[nH]cc(Cc3cc(OC)c(OCc4nc5ccccc5[nH]4)cc3F)c2c1. The molecule has 0 aliphatic heterocycles. The Balaban J connectivity index is 1.40. The number of halogens is 1. The molecule has 5 rings (SSSR count). The summed E-state index contributed by atoms with van der Waals surface area (Å²) in [4.78, 5) is 18.4. The number of hydrogen-bond acceptors (Lipinski definition) is 4. The lowest BCUT2D eigenvalue weighted by atomic mass is 10.0. The van der Waals surface area contributed by atoms with E-state index in [-0.39, 0.29) is 6.61 Å². The van der Waals surface area contributed by atoms with E-state index in [1.165, 1.54) is 19.4 Å². The van der Waals surface area contributed by atoms with E-state index < -0.39 is 5.82 Å². The second-order valence-electron chi connectivity index (χ2n) is 7.28. The normalized spacial score (nSPS) is 11.0. The molecule has 0 saturated carbocycles. The molecule has 5 aromatic rings. The number of pyridine rings is 1. The molecule has 0 radical (unpaired) electrons. The van der Waals surface area contributed by atoms with Gasteiger partial charge in [0.05, 0.1) is 24.7 Å². The third kappa shape index (κ3) is 3.61. The van der Waals surface area contributed by atoms with Crippen LogP contribution in [0.4, 0.5) is 10.1 Å². The third-order valence-electron chi connectivity index (χ3n) is 5.25. The van der Waals surface area contributed by atoms with Gasteiger partial charge in [0.2, 0.25) is 5.69 Å². The molecular formula is C24H18FN5O2. The Labute approximate surface area is 182 Å². The lowest BCUT2D eigenvalue weighted by Crippen LogP contribution is -2.02. The summed E-state index contributed by atoms with van der Waals surface area (Å²) in [6.07, 6.45) is 3.60. The number of H-pyrrole nitrogens is 2. The minimum Gasteiger partial charge on any atom is -0.493 e. The van der Waals surface area contributed by atoms with Crippen molar-refractivity contribution in [2.75, 3.05) is 7.11 Å². The first-order valence-electron chi connectivity index (χ1n) is 9.91. The van der Waals surface area contributed by atoms with Crippen LogP contribution in [0.5, 0.6) is 11.5 Å².